The topological polar surface area (TPSA) is 137 Å². The van der Waals surface area contributed by atoms with Crippen LogP contribution in [0.3, 0.4) is 0 Å². The number of carbonyl (C=O) groups is 2. The van der Waals surface area contributed by atoms with E-state index in [2.05, 4.69) is 24.4 Å². The lowest BCUT2D eigenvalue weighted by Gasteiger charge is -2.22. The number of aryl methyl sites for hydroxylation is 1. The molecule has 1 rings (SSSR count). The molecule has 11 heteroatoms. The van der Waals surface area contributed by atoms with Gasteiger partial charge in [0.15, 0.2) is 0 Å². The van der Waals surface area contributed by atoms with Crippen LogP contribution in [-0.2, 0) is 30.7 Å². The number of amides is 1. The maximum atomic E-state index is 12.0. The first-order valence-electron chi connectivity index (χ1n) is 8.11. The van der Waals surface area contributed by atoms with Gasteiger partial charge in [0.05, 0.1) is 18.6 Å². The van der Waals surface area contributed by atoms with E-state index in [9.17, 15) is 18.0 Å². The fraction of sp³-hybridized carbons (Fsp3) is 0.562. The van der Waals surface area contributed by atoms with Gasteiger partial charge < -0.3 is 14.8 Å². The summed E-state index contributed by atoms with van der Waals surface area (Å²) in [5.74, 6) is -1.01. The highest BCUT2D eigenvalue weighted by Crippen LogP contribution is 2.07. The zero-order valence-electron chi connectivity index (χ0n) is 15.7. The van der Waals surface area contributed by atoms with Gasteiger partial charge in [-0.05, 0) is 20.8 Å². The molecule has 0 saturated carbocycles. The normalized spacial score (nSPS) is 13.2. The largest absolute Gasteiger partial charge is 0.467 e. The molecule has 0 aliphatic rings. The van der Waals surface area contributed by atoms with Crippen LogP contribution >= 0.6 is 0 Å². The van der Waals surface area contributed by atoms with Crippen molar-refractivity contribution in [2.24, 2.45) is 4.40 Å². The third-order valence-corrected chi connectivity index (χ3v) is 4.18. The lowest BCUT2D eigenvalue weighted by atomic mass is 10.2. The van der Waals surface area contributed by atoms with E-state index in [1.807, 2.05) is 0 Å². The second-order valence-electron chi connectivity index (χ2n) is 6.48. The SMILES string of the molecule is COC(=O)[C@H](CC=NS(=O)(=O)CCc1cnccn1)NC(=O)OC(C)(C)C. The minimum atomic E-state index is -3.76. The first-order valence-corrected chi connectivity index (χ1v) is 9.72. The minimum absolute atomic E-state index is 0.157. The molecule has 1 heterocycles. The summed E-state index contributed by atoms with van der Waals surface area (Å²) in [6, 6.07) is -1.12. The second-order valence-corrected chi connectivity index (χ2v) is 8.26. The zero-order valence-corrected chi connectivity index (χ0v) is 16.5. The molecule has 10 nitrogen and oxygen atoms in total. The van der Waals surface area contributed by atoms with E-state index in [0.29, 0.717) is 5.69 Å². The first-order chi connectivity index (χ1) is 12.5. The summed E-state index contributed by atoms with van der Waals surface area (Å²) >= 11 is 0. The lowest BCUT2D eigenvalue weighted by molar-refractivity contribution is -0.142. The van der Waals surface area contributed by atoms with Crippen molar-refractivity contribution in [3.05, 3.63) is 24.3 Å². The van der Waals surface area contributed by atoms with E-state index >= 15 is 0 Å². The molecule has 1 aromatic rings. The van der Waals surface area contributed by atoms with Crippen molar-refractivity contribution < 1.29 is 27.5 Å². The molecule has 1 N–H and O–H groups in total. The maximum absolute atomic E-state index is 12.0. The van der Waals surface area contributed by atoms with Gasteiger partial charge in [-0.1, -0.05) is 0 Å². The van der Waals surface area contributed by atoms with Gasteiger partial charge in [-0.25, -0.2) is 18.0 Å². The van der Waals surface area contributed by atoms with E-state index in [1.165, 1.54) is 18.6 Å². The van der Waals surface area contributed by atoms with Crippen molar-refractivity contribution in [3.8, 4) is 0 Å². The number of nitrogens with zero attached hydrogens (tertiary/aromatic N) is 3. The van der Waals surface area contributed by atoms with Crippen LogP contribution in [0.5, 0.6) is 0 Å². The van der Waals surface area contributed by atoms with Crippen LogP contribution < -0.4 is 5.32 Å². The highest BCUT2D eigenvalue weighted by Gasteiger charge is 2.24. The average Bonchev–Trinajstić information content (AvgIpc) is 2.57. The number of alkyl carbamates (subject to hydrolysis) is 1. The zero-order chi connectivity index (χ0) is 20.5. The van der Waals surface area contributed by atoms with E-state index in [-0.39, 0.29) is 18.6 Å². The molecule has 1 aromatic heterocycles. The number of methoxy groups -OCH3 is 1. The van der Waals surface area contributed by atoms with Gasteiger partial charge in [-0.15, -0.1) is 0 Å². The number of hydrogen-bond donors (Lipinski definition) is 1. The summed E-state index contributed by atoms with van der Waals surface area (Å²) in [4.78, 5) is 31.4. The monoisotopic (exact) mass is 400 g/mol. The van der Waals surface area contributed by atoms with Crippen molar-refractivity contribution in [3.63, 3.8) is 0 Å². The molecule has 0 fully saturated rings. The Labute approximate surface area is 158 Å². The molecule has 0 spiro atoms. The van der Waals surface area contributed by atoms with Crippen LogP contribution in [0.4, 0.5) is 4.79 Å². The fourth-order valence-electron chi connectivity index (χ4n) is 1.81. The van der Waals surface area contributed by atoms with Gasteiger partial charge in [0.1, 0.15) is 11.6 Å². The molecule has 150 valence electrons. The molecular formula is C16H24N4O6S. The molecule has 0 aliphatic heterocycles. The summed E-state index contributed by atoms with van der Waals surface area (Å²) < 4.78 is 37.1. The van der Waals surface area contributed by atoms with Crippen LogP contribution in [0.25, 0.3) is 0 Å². The summed E-state index contributed by atoms with van der Waals surface area (Å²) in [6.45, 7) is 5.01. The Morgan fingerprint density at radius 3 is 2.59 bits per heavy atom. The Bertz CT molecular complexity index is 759. The van der Waals surface area contributed by atoms with E-state index < -0.39 is 33.7 Å². The number of carbonyl (C=O) groups excluding carboxylic acids is 2. The predicted molar refractivity (Wildman–Crippen MR) is 97.8 cm³/mol. The van der Waals surface area contributed by atoms with Crippen LogP contribution in [0.1, 0.15) is 32.9 Å². The maximum Gasteiger partial charge on any atom is 0.408 e. The Kier molecular flexibility index (Phi) is 8.29. The van der Waals surface area contributed by atoms with Gasteiger partial charge in [-0.2, -0.15) is 4.40 Å². The lowest BCUT2D eigenvalue weighted by Crippen LogP contribution is -2.44. The van der Waals surface area contributed by atoms with Crippen molar-refractivity contribution in [2.75, 3.05) is 12.9 Å². The standard InChI is InChI=1S/C16H24N4O6S/c1-16(2,3)26-15(22)20-13(14(21)25-4)5-7-19-27(23,24)10-6-12-11-17-8-9-18-12/h7-9,11,13H,5-6,10H2,1-4H3,(H,20,22)/t13-/m0/s1. The van der Waals surface area contributed by atoms with Crippen LogP contribution in [0.2, 0.25) is 0 Å². The molecule has 1 amide bonds. The van der Waals surface area contributed by atoms with Crippen molar-refractivity contribution in [2.45, 2.75) is 45.3 Å². The van der Waals surface area contributed by atoms with Crippen LogP contribution in [0, 0.1) is 0 Å². The summed E-state index contributed by atoms with van der Waals surface area (Å²) in [6.07, 6.45) is 4.63. The van der Waals surface area contributed by atoms with Crippen molar-refractivity contribution in [1.82, 2.24) is 15.3 Å². The summed E-state index contributed by atoms with van der Waals surface area (Å²) in [5, 5.41) is 2.33. The Hall–Kier alpha value is -2.56. The van der Waals surface area contributed by atoms with Crippen LogP contribution in [-0.4, -0.2) is 61.2 Å². The number of esters is 1. The Morgan fingerprint density at radius 2 is 2.04 bits per heavy atom. The van der Waals surface area contributed by atoms with Gasteiger partial charge in [0.25, 0.3) is 10.0 Å². The third kappa shape index (κ3) is 9.64. The molecular weight excluding hydrogens is 376 g/mol. The fourth-order valence-corrected chi connectivity index (χ4v) is 2.70. The second kappa shape index (κ2) is 9.95. The van der Waals surface area contributed by atoms with Gasteiger partial charge in [-0.3, -0.25) is 9.97 Å². The molecule has 1 atom stereocenters. The van der Waals surface area contributed by atoms with E-state index in [4.69, 9.17) is 4.74 Å². The van der Waals surface area contributed by atoms with Gasteiger partial charge in [0, 0.05) is 37.6 Å². The van der Waals surface area contributed by atoms with E-state index in [1.54, 1.807) is 20.8 Å². The number of hydrogen-bond acceptors (Lipinski definition) is 8. The number of rotatable bonds is 8. The molecule has 27 heavy (non-hydrogen) atoms. The highest BCUT2D eigenvalue weighted by molar-refractivity contribution is 7.90. The van der Waals surface area contributed by atoms with Gasteiger partial charge >= 0.3 is 12.1 Å². The third-order valence-electron chi connectivity index (χ3n) is 2.99. The quantitative estimate of drug-likeness (QED) is 0.501. The minimum Gasteiger partial charge on any atom is -0.467 e. The van der Waals surface area contributed by atoms with Crippen molar-refractivity contribution >= 4 is 28.3 Å². The molecule has 0 unspecified atom stereocenters. The Morgan fingerprint density at radius 1 is 1.33 bits per heavy atom. The Balaban J connectivity index is 2.64. The molecule has 0 aromatic carbocycles. The smallest absolute Gasteiger partial charge is 0.408 e. The first kappa shape index (κ1) is 22.5. The molecule has 0 radical (unpaired) electrons. The number of ether oxygens (including phenoxy) is 2. The summed E-state index contributed by atoms with van der Waals surface area (Å²) in [7, 11) is -2.61. The number of sulfonamides is 1. The van der Waals surface area contributed by atoms with Crippen molar-refractivity contribution in [1.29, 1.82) is 0 Å². The molecule has 0 aliphatic carbocycles. The molecule has 0 bridgehead atoms. The predicted octanol–water partition coefficient (Wildman–Crippen LogP) is 0.876. The van der Waals surface area contributed by atoms with E-state index in [0.717, 1.165) is 13.3 Å². The number of nitrogens with one attached hydrogen (secondary N) is 1. The summed E-state index contributed by atoms with van der Waals surface area (Å²) in [5.41, 5.74) is -0.224. The highest BCUT2D eigenvalue weighted by atomic mass is 32.2. The van der Waals surface area contributed by atoms with Crippen LogP contribution in [0.15, 0.2) is 23.0 Å². The number of aromatic nitrogens is 2. The molecule has 0 saturated heterocycles. The van der Waals surface area contributed by atoms with Gasteiger partial charge in [0.2, 0.25) is 0 Å². The average molecular weight is 400 g/mol.